The van der Waals surface area contributed by atoms with Crippen molar-refractivity contribution in [1.29, 1.82) is 0 Å². The molecule has 2 aromatic rings. The lowest BCUT2D eigenvalue weighted by Crippen LogP contribution is -2.42. The minimum atomic E-state index is 0.125. The summed E-state index contributed by atoms with van der Waals surface area (Å²) < 4.78 is 0. The van der Waals surface area contributed by atoms with E-state index in [1.54, 1.807) is 0 Å². The second-order valence-corrected chi connectivity index (χ2v) is 7.35. The molecule has 2 fully saturated rings. The molecule has 1 N–H and O–H groups in total. The lowest BCUT2D eigenvalue weighted by Gasteiger charge is -2.39. The molecule has 116 valence electrons. The van der Waals surface area contributed by atoms with Gasteiger partial charge in [-0.3, -0.25) is 4.79 Å². The number of rotatable bonds is 1. The zero-order chi connectivity index (χ0) is 15.2. The van der Waals surface area contributed by atoms with Crippen molar-refractivity contribution < 1.29 is 4.79 Å². The fourth-order valence-corrected chi connectivity index (χ4v) is 4.38. The number of benzene rings is 1. The molecule has 1 aliphatic carbocycles. The molecule has 2 heterocycles. The monoisotopic (exact) mass is 316 g/mol. The third-order valence-electron chi connectivity index (χ3n) is 5.59. The Bertz CT molecular complexity index is 705. The van der Waals surface area contributed by atoms with Gasteiger partial charge in [-0.2, -0.15) is 0 Å². The van der Waals surface area contributed by atoms with Gasteiger partial charge < -0.3 is 9.88 Å². The van der Waals surface area contributed by atoms with Crippen molar-refractivity contribution in [2.24, 2.45) is 5.41 Å². The fourth-order valence-electron chi connectivity index (χ4n) is 4.20. The lowest BCUT2D eigenvalue weighted by molar-refractivity contribution is 0.0583. The van der Waals surface area contributed by atoms with Crippen LogP contribution in [0.1, 0.15) is 49.0 Å². The van der Waals surface area contributed by atoms with Crippen molar-refractivity contribution >= 4 is 28.4 Å². The van der Waals surface area contributed by atoms with Crippen molar-refractivity contribution in [2.45, 2.75) is 38.5 Å². The molecule has 4 heteroatoms. The quantitative estimate of drug-likeness (QED) is 0.819. The van der Waals surface area contributed by atoms with Crippen molar-refractivity contribution in [3.8, 4) is 0 Å². The maximum Gasteiger partial charge on any atom is 0.270 e. The van der Waals surface area contributed by atoms with Crippen LogP contribution in [0, 0.1) is 5.41 Å². The van der Waals surface area contributed by atoms with Gasteiger partial charge in [-0.1, -0.05) is 24.4 Å². The van der Waals surface area contributed by atoms with E-state index in [9.17, 15) is 4.79 Å². The maximum absolute atomic E-state index is 12.7. The molecule has 1 aromatic heterocycles. The number of carbonyl (C=O) groups is 1. The third kappa shape index (κ3) is 2.41. The molecule has 4 rings (SSSR count). The molecule has 2 aliphatic rings. The summed E-state index contributed by atoms with van der Waals surface area (Å²) in [6.07, 6.45) is 7.81. The van der Waals surface area contributed by atoms with E-state index in [1.165, 1.54) is 38.5 Å². The second-order valence-electron chi connectivity index (χ2n) is 6.91. The van der Waals surface area contributed by atoms with Gasteiger partial charge in [0.15, 0.2) is 0 Å². The van der Waals surface area contributed by atoms with Crippen LogP contribution in [0.4, 0.5) is 0 Å². The Morgan fingerprint density at radius 2 is 1.82 bits per heavy atom. The van der Waals surface area contributed by atoms with Crippen molar-refractivity contribution in [1.82, 2.24) is 9.88 Å². The summed E-state index contributed by atoms with van der Waals surface area (Å²) in [7, 11) is 0. The number of piperidine rings is 1. The Hall–Kier alpha value is -1.48. The highest BCUT2D eigenvalue weighted by atomic mass is 35.5. The third-order valence-corrected chi connectivity index (χ3v) is 5.82. The number of H-pyrrole nitrogens is 1. The van der Waals surface area contributed by atoms with Gasteiger partial charge in [0, 0.05) is 29.0 Å². The van der Waals surface area contributed by atoms with Gasteiger partial charge in [-0.15, -0.1) is 0 Å². The van der Waals surface area contributed by atoms with E-state index in [4.69, 9.17) is 11.6 Å². The van der Waals surface area contributed by atoms with E-state index in [0.29, 0.717) is 16.1 Å². The highest BCUT2D eigenvalue weighted by molar-refractivity contribution is 6.31. The predicted octanol–water partition coefficient (Wildman–Crippen LogP) is 4.62. The number of fused-ring (bicyclic) bond motifs is 1. The Morgan fingerprint density at radius 3 is 2.55 bits per heavy atom. The summed E-state index contributed by atoms with van der Waals surface area (Å²) in [4.78, 5) is 18.0. The first-order chi connectivity index (χ1) is 10.7. The van der Waals surface area contributed by atoms with Crippen LogP contribution in [0.2, 0.25) is 5.02 Å². The Balaban J connectivity index is 1.51. The van der Waals surface area contributed by atoms with E-state index in [-0.39, 0.29) is 5.91 Å². The average Bonchev–Trinajstić information content (AvgIpc) is 3.14. The van der Waals surface area contributed by atoms with Gasteiger partial charge in [-0.25, -0.2) is 0 Å². The summed E-state index contributed by atoms with van der Waals surface area (Å²) >= 11 is 6.02. The first-order valence-corrected chi connectivity index (χ1v) is 8.61. The summed E-state index contributed by atoms with van der Waals surface area (Å²) in [5.74, 6) is 0.125. The Labute approximate surface area is 135 Å². The van der Waals surface area contributed by atoms with Gasteiger partial charge in [0.1, 0.15) is 5.69 Å². The van der Waals surface area contributed by atoms with E-state index in [0.717, 1.165) is 24.0 Å². The van der Waals surface area contributed by atoms with Gasteiger partial charge in [-0.05, 0) is 55.4 Å². The highest BCUT2D eigenvalue weighted by Crippen LogP contribution is 2.46. The molecular weight excluding hydrogens is 296 g/mol. The van der Waals surface area contributed by atoms with E-state index in [1.807, 2.05) is 29.2 Å². The van der Waals surface area contributed by atoms with Gasteiger partial charge in [0.05, 0.1) is 0 Å². The fraction of sp³-hybridized carbons (Fsp3) is 0.500. The number of likely N-dealkylation sites (tertiary alicyclic amines) is 1. The maximum atomic E-state index is 12.7. The van der Waals surface area contributed by atoms with Gasteiger partial charge in [0.25, 0.3) is 5.91 Å². The summed E-state index contributed by atoms with van der Waals surface area (Å²) in [6.45, 7) is 1.80. The first-order valence-electron chi connectivity index (χ1n) is 8.23. The highest BCUT2D eigenvalue weighted by Gasteiger charge is 2.38. The molecule has 3 nitrogen and oxygen atoms in total. The van der Waals surface area contributed by atoms with Crippen molar-refractivity contribution in [3.63, 3.8) is 0 Å². The Kier molecular flexibility index (Phi) is 3.41. The molecule has 1 aliphatic heterocycles. The summed E-state index contributed by atoms with van der Waals surface area (Å²) in [5.41, 5.74) is 2.20. The number of carbonyl (C=O) groups excluding carboxylic acids is 1. The van der Waals surface area contributed by atoms with Crippen LogP contribution in [0.15, 0.2) is 24.3 Å². The largest absolute Gasteiger partial charge is 0.351 e. The standard InChI is InChI=1S/C18H21ClN2O/c19-14-3-4-15-13(11-14)12-16(20-15)17(22)21-9-7-18(8-10-21)5-1-2-6-18/h3-4,11-12,20H,1-2,5-10H2. The van der Waals surface area contributed by atoms with Gasteiger partial charge >= 0.3 is 0 Å². The number of aromatic amines is 1. The molecule has 1 spiro atoms. The van der Waals surface area contributed by atoms with Crippen molar-refractivity contribution in [3.05, 3.63) is 35.0 Å². The number of amides is 1. The van der Waals surface area contributed by atoms with Crippen LogP contribution in [0.25, 0.3) is 10.9 Å². The van der Waals surface area contributed by atoms with Crippen LogP contribution in [-0.2, 0) is 0 Å². The molecule has 0 unspecified atom stereocenters. The summed E-state index contributed by atoms with van der Waals surface area (Å²) in [5, 5.41) is 1.70. The first kappa shape index (κ1) is 14.1. The molecule has 1 saturated heterocycles. The molecule has 1 saturated carbocycles. The van der Waals surface area contributed by atoms with Crippen LogP contribution >= 0.6 is 11.6 Å². The normalized spacial score (nSPS) is 20.9. The topological polar surface area (TPSA) is 36.1 Å². The van der Waals surface area contributed by atoms with E-state index < -0.39 is 0 Å². The van der Waals surface area contributed by atoms with Gasteiger partial charge in [0.2, 0.25) is 0 Å². The smallest absolute Gasteiger partial charge is 0.270 e. The molecule has 1 aromatic carbocycles. The minimum Gasteiger partial charge on any atom is -0.351 e. The second kappa shape index (κ2) is 5.31. The SMILES string of the molecule is O=C(c1cc2cc(Cl)ccc2[nH]1)N1CCC2(CCCC2)CC1. The lowest BCUT2D eigenvalue weighted by atomic mass is 9.77. The number of hydrogen-bond acceptors (Lipinski definition) is 1. The van der Waals surface area contributed by atoms with Crippen LogP contribution in [-0.4, -0.2) is 28.9 Å². The average molecular weight is 317 g/mol. The number of halogens is 1. The molecular formula is C18H21ClN2O. The zero-order valence-electron chi connectivity index (χ0n) is 12.7. The number of nitrogens with one attached hydrogen (secondary N) is 1. The van der Waals surface area contributed by atoms with Crippen molar-refractivity contribution in [2.75, 3.05) is 13.1 Å². The zero-order valence-corrected chi connectivity index (χ0v) is 13.5. The van der Waals surface area contributed by atoms with Crippen LogP contribution in [0.5, 0.6) is 0 Å². The minimum absolute atomic E-state index is 0.125. The molecule has 0 bridgehead atoms. The predicted molar refractivity (Wildman–Crippen MR) is 89.3 cm³/mol. The van der Waals surface area contributed by atoms with E-state index in [2.05, 4.69) is 4.98 Å². The van der Waals surface area contributed by atoms with Crippen LogP contribution < -0.4 is 0 Å². The van der Waals surface area contributed by atoms with E-state index >= 15 is 0 Å². The van der Waals surface area contributed by atoms with Crippen LogP contribution in [0.3, 0.4) is 0 Å². The molecule has 0 atom stereocenters. The number of hydrogen-bond donors (Lipinski definition) is 1. The number of nitrogens with zero attached hydrogens (tertiary/aromatic N) is 1. The molecule has 1 amide bonds. The Morgan fingerprint density at radius 1 is 1.09 bits per heavy atom. The molecule has 22 heavy (non-hydrogen) atoms. The summed E-state index contributed by atoms with van der Waals surface area (Å²) in [6, 6.07) is 7.59. The number of aromatic nitrogens is 1. The molecule has 0 radical (unpaired) electrons.